The van der Waals surface area contributed by atoms with Crippen LogP contribution in [0.3, 0.4) is 0 Å². The quantitative estimate of drug-likeness (QED) is 0.863. The lowest BCUT2D eigenvalue weighted by atomic mass is 10.1. The molecule has 0 aliphatic carbocycles. The third kappa shape index (κ3) is 4.12. The monoisotopic (exact) mass is 355 g/mol. The summed E-state index contributed by atoms with van der Waals surface area (Å²) in [4.78, 5) is 29.4. The highest BCUT2D eigenvalue weighted by molar-refractivity contribution is 5.98. The van der Waals surface area contributed by atoms with Crippen molar-refractivity contribution in [2.75, 3.05) is 13.2 Å². The molecule has 0 saturated heterocycles. The van der Waals surface area contributed by atoms with E-state index in [4.69, 9.17) is 4.74 Å². The molecule has 26 heavy (non-hydrogen) atoms. The van der Waals surface area contributed by atoms with E-state index in [0.717, 1.165) is 36.9 Å². The lowest BCUT2D eigenvalue weighted by Crippen LogP contribution is -2.32. The van der Waals surface area contributed by atoms with E-state index < -0.39 is 0 Å². The summed E-state index contributed by atoms with van der Waals surface area (Å²) in [5.74, 6) is 0.215. The molecule has 2 aromatic heterocycles. The molecule has 0 spiro atoms. The molecule has 138 valence electrons. The normalized spacial score (nSPS) is 13.6. The average Bonchev–Trinajstić information content (AvgIpc) is 2.89. The summed E-state index contributed by atoms with van der Waals surface area (Å²) in [6.45, 7) is 3.44. The molecule has 0 atom stereocenters. The third-order valence-electron chi connectivity index (χ3n) is 4.63. The molecule has 1 aliphatic heterocycles. The number of hydrogen-bond donors (Lipinski definition) is 1. The molecule has 6 nitrogen and oxygen atoms in total. The molecule has 0 radical (unpaired) electrons. The standard InChI is InChI=1S/C20H25N3O3/c1-2-26-17-13-18(24)23-12-5-3-4-8-16(23)19(17)20(25)22-11-9-15-7-6-10-21-14-15/h6-7,10,13-14H,2-5,8-9,11-12H2,1H3,(H,22,25). The van der Waals surface area contributed by atoms with Gasteiger partial charge in [-0.1, -0.05) is 12.5 Å². The van der Waals surface area contributed by atoms with E-state index in [2.05, 4.69) is 10.3 Å². The van der Waals surface area contributed by atoms with Crippen LogP contribution in [0.4, 0.5) is 0 Å². The van der Waals surface area contributed by atoms with Gasteiger partial charge in [0.25, 0.3) is 11.5 Å². The average molecular weight is 355 g/mol. The topological polar surface area (TPSA) is 73.2 Å². The van der Waals surface area contributed by atoms with Gasteiger partial charge in [-0.25, -0.2) is 0 Å². The van der Waals surface area contributed by atoms with E-state index in [1.807, 2.05) is 19.1 Å². The van der Waals surface area contributed by atoms with Gasteiger partial charge in [0.15, 0.2) is 0 Å². The van der Waals surface area contributed by atoms with Crippen LogP contribution in [0, 0.1) is 0 Å². The first kappa shape index (κ1) is 18.2. The van der Waals surface area contributed by atoms with E-state index in [1.165, 1.54) is 6.07 Å². The maximum absolute atomic E-state index is 12.9. The van der Waals surface area contributed by atoms with Crippen LogP contribution in [0.5, 0.6) is 5.75 Å². The molecule has 1 aliphatic rings. The van der Waals surface area contributed by atoms with Crippen LogP contribution in [-0.2, 0) is 19.4 Å². The number of pyridine rings is 2. The molecule has 3 rings (SSSR count). The second kappa shape index (κ2) is 8.65. The maximum atomic E-state index is 12.9. The first-order valence-electron chi connectivity index (χ1n) is 9.27. The molecular formula is C20H25N3O3. The van der Waals surface area contributed by atoms with Gasteiger partial charge in [0.1, 0.15) is 11.3 Å². The second-order valence-electron chi connectivity index (χ2n) is 6.43. The van der Waals surface area contributed by atoms with Gasteiger partial charge in [-0.15, -0.1) is 0 Å². The van der Waals surface area contributed by atoms with Crippen molar-refractivity contribution < 1.29 is 9.53 Å². The zero-order chi connectivity index (χ0) is 18.4. The molecule has 1 N–H and O–H groups in total. The predicted molar refractivity (Wildman–Crippen MR) is 99.7 cm³/mol. The van der Waals surface area contributed by atoms with Crippen LogP contribution in [0.25, 0.3) is 0 Å². The Hall–Kier alpha value is -2.63. The number of aromatic nitrogens is 2. The number of carbonyl (C=O) groups is 1. The fraction of sp³-hybridized carbons (Fsp3) is 0.450. The van der Waals surface area contributed by atoms with Crippen molar-refractivity contribution in [2.45, 2.75) is 45.6 Å². The first-order valence-corrected chi connectivity index (χ1v) is 9.27. The minimum absolute atomic E-state index is 0.0859. The summed E-state index contributed by atoms with van der Waals surface area (Å²) < 4.78 is 7.37. The second-order valence-corrected chi connectivity index (χ2v) is 6.43. The van der Waals surface area contributed by atoms with Gasteiger partial charge in [0.2, 0.25) is 0 Å². The minimum Gasteiger partial charge on any atom is -0.493 e. The molecule has 2 aromatic rings. The van der Waals surface area contributed by atoms with Crippen molar-refractivity contribution >= 4 is 5.91 Å². The number of amides is 1. The number of carbonyl (C=O) groups excluding carboxylic acids is 1. The Labute approximate surface area is 153 Å². The highest BCUT2D eigenvalue weighted by Gasteiger charge is 2.23. The summed E-state index contributed by atoms with van der Waals surface area (Å²) in [5.41, 5.74) is 2.30. The Morgan fingerprint density at radius 2 is 2.23 bits per heavy atom. The molecule has 3 heterocycles. The molecule has 0 aromatic carbocycles. The van der Waals surface area contributed by atoms with Crippen LogP contribution >= 0.6 is 0 Å². The van der Waals surface area contributed by atoms with Gasteiger partial charge in [-0.3, -0.25) is 14.6 Å². The fourth-order valence-corrected chi connectivity index (χ4v) is 3.38. The smallest absolute Gasteiger partial charge is 0.256 e. The van der Waals surface area contributed by atoms with Gasteiger partial charge in [0, 0.05) is 37.2 Å². The number of rotatable bonds is 6. The lowest BCUT2D eigenvalue weighted by molar-refractivity contribution is 0.0948. The Kier molecular flexibility index (Phi) is 6.04. The van der Waals surface area contributed by atoms with Crippen molar-refractivity contribution in [1.29, 1.82) is 0 Å². The molecule has 0 bridgehead atoms. The number of nitrogens with zero attached hydrogens (tertiary/aromatic N) is 2. The van der Waals surface area contributed by atoms with Crippen molar-refractivity contribution in [1.82, 2.24) is 14.9 Å². The van der Waals surface area contributed by atoms with E-state index in [0.29, 0.717) is 37.4 Å². The summed E-state index contributed by atoms with van der Waals surface area (Å²) >= 11 is 0. The van der Waals surface area contributed by atoms with E-state index in [9.17, 15) is 9.59 Å². The number of ether oxygens (including phenoxy) is 1. The lowest BCUT2D eigenvalue weighted by Gasteiger charge is -2.18. The number of nitrogens with one attached hydrogen (secondary N) is 1. The van der Waals surface area contributed by atoms with Crippen molar-refractivity contribution in [2.24, 2.45) is 0 Å². The number of fused-ring (bicyclic) bond motifs is 1. The first-order chi connectivity index (χ1) is 12.7. The van der Waals surface area contributed by atoms with Gasteiger partial charge in [0.05, 0.1) is 6.61 Å². The summed E-state index contributed by atoms with van der Waals surface area (Å²) in [7, 11) is 0. The van der Waals surface area contributed by atoms with Gasteiger partial charge in [-0.05, 0) is 44.2 Å². The maximum Gasteiger partial charge on any atom is 0.256 e. The third-order valence-corrected chi connectivity index (χ3v) is 4.63. The van der Waals surface area contributed by atoms with Crippen LogP contribution < -0.4 is 15.6 Å². The summed E-state index contributed by atoms with van der Waals surface area (Å²) in [5, 5.41) is 2.97. The zero-order valence-electron chi connectivity index (χ0n) is 15.2. The Morgan fingerprint density at radius 1 is 1.35 bits per heavy atom. The molecule has 0 fully saturated rings. The molecule has 0 saturated carbocycles. The highest BCUT2D eigenvalue weighted by Crippen LogP contribution is 2.25. The molecular weight excluding hydrogens is 330 g/mol. The van der Waals surface area contributed by atoms with Crippen LogP contribution in [0.1, 0.15) is 47.8 Å². The Bertz CT molecular complexity index is 815. The van der Waals surface area contributed by atoms with Gasteiger partial charge >= 0.3 is 0 Å². The van der Waals surface area contributed by atoms with Crippen molar-refractivity contribution in [3.05, 3.63) is 57.8 Å². The van der Waals surface area contributed by atoms with Gasteiger partial charge < -0.3 is 14.6 Å². The Balaban J connectivity index is 1.84. The van der Waals surface area contributed by atoms with Crippen molar-refractivity contribution in [3.8, 4) is 5.75 Å². The SMILES string of the molecule is CCOc1cc(=O)n2c(c1C(=O)NCCc1cccnc1)CCCCC2. The fourth-order valence-electron chi connectivity index (χ4n) is 3.38. The van der Waals surface area contributed by atoms with Crippen molar-refractivity contribution in [3.63, 3.8) is 0 Å². The minimum atomic E-state index is -0.178. The van der Waals surface area contributed by atoms with Crippen LogP contribution in [0.2, 0.25) is 0 Å². The molecule has 1 amide bonds. The zero-order valence-corrected chi connectivity index (χ0v) is 15.2. The molecule has 0 unspecified atom stereocenters. The van der Waals surface area contributed by atoms with Gasteiger partial charge in [-0.2, -0.15) is 0 Å². The summed E-state index contributed by atoms with van der Waals surface area (Å²) in [6, 6.07) is 5.32. The van der Waals surface area contributed by atoms with E-state index in [-0.39, 0.29) is 11.5 Å². The predicted octanol–water partition coefficient (Wildman–Crippen LogP) is 2.34. The number of hydrogen-bond acceptors (Lipinski definition) is 4. The summed E-state index contributed by atoms with van der Waals surface area (Å²) in [6.07, 6.45) is 7.96. The van der Waals surface area contributed by atoms with E-state index in [1.54, 1.807) is 17.0 Å². The van der Waals surface area contributed by atoms with E-state index >= 15 is 0 Å². The largest absolute Gasteiger partial charge is 0.493 e. The molecule has 6 heteroatoms. The highest BCUT2D eigenvalue weighted by atomic mass is 16.5. The Morgan fingerprint density at radius 3 is 3.00 bits per heavy atom. The van der Waals surface area contributed by atoms with Crippen LogP contribution in [0.15, 0.2) is 35.4 Å². The van der Waals surface area contributed by atoms with Crippen LogP contribution in [-0.4, -0.2) is 28.6 Å².